The summed E-state index contributed by atoms with van der Waals surface area (Å²) in [6, 6.07) is 11.9. The molecule has 1 aromatic carbocycles. The largest absolute Gasteiger partial charge is 0.348 e. The number of nitrogens with zero attached hydrogens (tertiary/aromatic N) is 5. The molecular weight excluding hydrogens is 466 g/mol. The maximum atomic E-state index is 13.1. The summed E-state index contributed by atoms with van der Waals surface area (Å²) in [5.41, 5.74) is 6.27. The van der Waals surface area contributed by atoms with E-state index in [4.69, 9.17) is 4.98 Å². The maximum Gasteiger partial charge on any atom is 0.254 e. The van der Waals surface area contributed by atoms with Crippen LogP contribution in [0.15, 0.2) is 48.8 Å². The van der Waals surface area contributed by atoms with Gasteiger partial charge in [0.1, 0.15) is 17.3 Å². The van der Waals surface area contributed by atoms with Gasteiger partial charge < -0.3 is 15.2 Å². The quantitative estimate of drug-likeness (QED) is 0.453. The minimum Gasteiger partial charge on any atom is -0.348 e. The van der Waals surface area contributed by atoms with Crippen LogP contribution in [0, 0.1) is 0 Å². The third kappa shape index (κ3) is 3.34. The van der Waals surface area contributed by atoms with Gasteiger partial charge in [0.2, 0.25) is 5.91 Å². The number of fused-ring (bicyclic) bond motifs is 4. The molecule has 3 aliphatic heterocycles. The SMILES string of the molecule is CN1C(=O)[C@@H]2CCCN2Cc2ccc(Nc3ccc(-c4ccnc5c4ccn5C)c4c3C(=O)NC4)nc21. The predicted octanol–water partition coefficient (Wildman–Crippen LogP) is 3.56. The Labute approximate surface area is 214 Å². The van der Waals surface area contributed by atoms with Crippen LogP contribution in [0.5, 0.6) is 0 Å². The first kappa shape index (κ1) is 22.0. The van der Waals surface area contributed by atoms with Gasteiger partial charge in [0.25, 0.3) is 5.91 Å². The Hall–Kier alpha value is -4.24. The second kappa shape index (κ2) is 8.14. The van der Waals surface area contributed by atoms with E-state index in [1.165, 1.54) is 0 Å². The lowest BCUT2D eigenvalue weighted by atomic mass is 9.94. The van der Waals surface area contributed by atoms with Gasteiger partial charge in [-0.2, -0.15) is 0 Å². The number of pyridine rings is 2. The summed E-state index contributed by atoms with van der Waals surface area (Å²) in [5.74, 6) is 1.25. The number of hydrogen-bond donors (Lipinski definition) is 2. The van der Waals surface area contributed by atoms with Gasteiger partial charge in [-0.3, -0.25) is 19.4 Å². The molecule has 0 radical (unpaired) electrons. The van der Waals surface area contributed by atoms with Crippen LogP contribution in [0.2, 0.25) is 0 Å². The van der Waals surface area contributed by atoms with Crippen LogP contribution in [-0.2, 0) is 24.9 Å². The van der Waals surface area contributed by atoms with Crippen molar-refractivity contribution in [2.24, 2.45) is 7.05 Å². The van der Waals surface area contributed by atoms with Gasteiger partial charge in [0, 0.05) is 50.5 Å². The fourth-order valence-electron chi connectivity index (χ4n) is 6.04. The molecule has 0 bridgehead atoms. The number of carbonyl (C=O) groups is 2. The number of aryl methyl sites for hydroxylation is 1. The van der Waals surface area contributed by atoms with Gasteiger partial charge in [0.15, 0.2) is 0 Å². The molecule has 1 saturated heterocycles. The van der Waals surface area contributed by atoms with Crippen molar-refractivity contribution in [3.63, 3.8) is 0 Å². The van der Waals surface area contributed by atoms with E-state index in [1.54, 1.807) is 11.9 Å². The van der Waals surface area contributed by atoms with Crippen LogP contribution in [-0.4, -0.2) is 50.9 Å². The lowest BCUT2D eigenvalue weighted by molar-refractivity contribution is -0.122. The number of hydrogen-bond acceptors (Lipinski definition) is 6. The summed E-state index contributed by atoms with van der Waals surface area (Å²) in [6.07, 6.45) is 5.74. The Bertz CT molecular complexity index is 1610. The molecule has 37 heavy (non-hydrogen) atoms. The summed E-state index contributed by atoms with van der Waals surface area (Å²) in [6.45, 7) is 2.11. The van der Waals surface area contributed by atoms with Crippen LogP contribution in [0.4, 0.5) is 17.3 Å². The molecule has 2 amide bonds. The molecule has 0 aliphatic carbocycles. The lowest BCUT2D eigenvalue weighted by Crippen LogP contribution is -2.41. The van der Waals surface area contributed by atoms with Crippen molar-refractivity contribution in [1.82, 2.24) is 24.8 Å². The third-order valence-electron chi connectivity index (χ3n) is 7.91. The third-order valence-corrected chi connectivity index (χ3v) is 7.91. The van der Waals surface area contributed by atoms with E-state index >= 15 is 0 Å². The van der Waals surface area contributed by atoms with Crippen molar-refractivity contribution >= 4 is 40.2 Å². The monoisotopic (exact) mass is 493 g/mol. The smallest absolute Gasteiger partial charge is 0.254 e. The molecule has 3 aromatic heterocycles. The highest BCUT2D eigenvalue weighted by Gasteiger charge is 2.37. The Morgan fingerprint density at radius 3 is 2.84 bits per heavy atom. The molecule has 186 valence electrons. The molecule has 4 aromatic rings. The van der Waals surface area contributed by atoms with Crippen molar-refractivity contribution in [2.45, 2.75) is 32.0 Å². The van der Waals surface area contributed by atoms with Gasteiger partial charge in [-0.25, -0.2) is 9.97 Å². The van der Waals surface area contributed by atoms with Crippen molar-refractivity contribution in [3.05, 3.63) is 65.5 Å². The van der Waals surface area contributed by atoms with E-state index in [0.717, 1.165) is 59.2 Å². The first-order valence-electron chi connectivity index (χ1n) is 12.6. The van der Waals surface area contributed by atoms with Crippen molar-refractivity contribution in [3.8, 4) is 11.1 Å². The number of amides is 2. The number of likely N-dealkylation sites (N-methyl/N-ethyl adjacent to an activating group) is 1. The summed E-state index contributed by atoms with van der Waals surface area (Å²) in [5, 5.41) is 7.41. The molecule has 1 atom stereocenters. The van der Waals surface area contributed by atoms with Crippen LogP contribution in [0.25, 0.3) is 22.2 Å². The first-order chi connectivity index (χ1) is 18.0. The molecule has 0 unspecified atom stereocenters. The van der Waals surface area contributed by atoms with E-state index in [1.807, 2.05) is 48.3 Å². The molecule has 6 heterocycles. The van der Waals surface area contributed by atoms with Gasteiger partial charge in [-0.05, 0) is 60.3 Å². The lowest BCUT2D eigenvalue weighted by Gasteiger charge is -2.22. The molecule has 9 heteroatoms. The van der Waals surface area contributed by atoms with Gasteiger partial charge >= 0.3 is 0 Å². The molecule has 0 spiro atoms. The first-order valence-corrected chi connectivity index (χ1v) is 12.6. The topological polar surface area (TPSA) is 95.4 Å². The number of carbonyl (C=O) groups excluding carboxylic acids is 2. The Kier molecular flexibility index (Phi) is 4.84. The highest BCUT2D eigenvalue weighted by molar-refractivity contribution is 6.07. The van der Waals surface area contributed by atoms with E-state index in [9.17, 15) is 9.59 Å². The number of nitrogens with one attached hydrogen (secondary N) is 2. The minimum absolute atomic E-state index is 0.0700. The Morgan fingerprint density at radius 2 is 1.95 bits per heavy atom. The van der Waals surface area contributed by atoms with Gasteiger partial charge in [-0.15, -0.1) is 0 Å². The normalized spacial score (nSPS) is 19.0. The second-order valence-corrected chi connectivity index (χ2v) is 10.0. The summed E-state index contributed by atoms with van der Waals surface area (Å²) in [7, 11) is 3.78. The van der Waals surface area contributed by atoms with Crippen LogP contribution >= 0.6 is 0 Å². The number of aromatic nitrogens is 3. The average Bonchev–Trinajstić information content (AvgIpc) is 3.62. The van der Waals surface area contributed by atoms with Crippen LogP contribution in [0.1, 0.15) is 34.3 Å². The summed E-state index contributed by atoms with van der Waals surface area (Å²) in [4.78, 5) is 39.3. The molecule has 1 fully saturated rings. The van der Waals surface area contributed by atoms with E-state index in [-0.39, 0.29) is 17.9 Å². The van der Waals surface area contributed by atoms with Crippen molar-refractivity contribution < 1.29 is 9.59 Å². The standard InChI is InChI=1S/C28H27N7O2/c1-33-13-10-19-18(9-11-29-26(19)33)17-6-7-21(24-20(17)14-30-27(24)36)31-23-8-5-16-15-35-12-3-4-22(35)28(37)34(2)25(16)32-23/h5-11,13,22H,3-4,12,14-15H2,1-2H3,(H,30,36)(H,31,32)/t22-/m0/s1. The molecule has 0 saturated carbocycles. The van der Waals surface area contributed by atoms with Gasteiger partial charge in [-0.1, -0.05) is 12.1 Å². The Balaban J connectivity index is 1.27. The van der Waals surface area contributed by atoms with Gasteiger partial charge in [0.05, 0.1) is 17.3 Å². The fraction of sp³-hybridized carbons (Fsp3) is 0.286. The zero-order valence-electron chi connectivity index (χ0n) is 20.8. The van der Waals surface area contributed by atoms with E-state index < -0.39 is 0 Å². The van der Waals surface area contributed by atoms with Crippen LogP contribution in [0.3, 0.4) is 0 Å². The highest BCUT2D eigenvalue weighted by Crippen LogP contribution is 2.38. The van der Waals surface area contributed by atoms with Crippen molar-refractivity contribution in [2.75, 3.05) is 23.8 Å². The van der Waals surface area contributed by atoms with E-state index in [0.29, 0.717) is 29.4 Å². The Morgan fingerprint density at radius 1 is 1.05 bits per heavy atom. The fourth-order valence-corrected chi connectivity index (χ4v) is 6.04. The van der Waals surface area contributed by atoms with Crippen molar-refractivity contribution in [1.29, 1.82) is 0 Å². The number of rotatable bonds is 3. The molecule has 3 aliphatic rings. The zero-order chi connectivity index (χ0) is 25.3. The molecule has 2 N–H and O–H groups in total. The molecule has 9 nitrogen and oxygen atoms in total. The second-order valence-electron chi connectivity index (χ2n) is 10.0. The summed E-state index contributed by atoms with van der Waals surface area (Å²) >= 11 is 0. The zero-order valence-corrected chi connectivity index (χ0v) is 20.8. The molecular formula is C28H27N7O2. The van der Waals surface area contributed by atoms with E-state index in [2.05, 4.69) is 32.7 Å². The highest BCUT2D eigenvalue weighted by atomic mass is 16.2. The number of anilines is 3. The predicted molar refractivity (Wildman–Crippen MR) is 142 cm³/mol. The number of benzene rings is 1. The average molecular weight is 494 g/mol. The maximum absolute atomic E-state index is 13.1. The summed E-state index contributed by atoms with van der Waals surface area (Å²) < 4.78 is 1.99. The molecule has 7 rings (SSSR count). The van der Waals surface area contributed by atoms with Crippen LogP contribution < -0.4 is 15.5 Å². The minimum atomic E-state index is -0.111.